The fraction of sp³-hybridized carbons (Fsp3) is 0.750. The van der Waals surface area contributed by atoms with E-state index in [-0.39, 0.29) is 6.10 Å². The van der Waals surface area contributed by atoms with Crippen molar-refractivity contribution in [3.05, 3.63) is 9.72 Å². The molecule has 0 aromatic carbocycles. The molecule has 0 saturated carbocycles. The third kappa shape index (κ3) is 2.91. The lowest BCUT2D eigenvalue weighted by Crippen LogP contribution is -2.25. The molecule has 1 rings (SSSR count). The van der Waals surface area contributed by atoms with Crippen molar-refractivity contribution in [1.82, 2.24) is 10.1 Å². The summed E-state index contributed by atoms with van der Waals surface area (Å²) < 4.78 is 11.3. The van der Waals surface area contributed by atoms with Gasteiger partial charge in [-0.15, -0.1) is 0 Å². The van der Waals surface area contributed by atoms with Gasteiger partial charge >= 0.3 is 0 Å². The van der Waals surface area contributed by atoms with Gasteiger partial charge in [0.05, 0.1) is 6.10 Å². The fourth-order valence-electron chi connectivity index (χ4n) is 1.09. The average Bonchev–Trinajstić information content (AvgIpc) is 2.32. The molecule has 4 nitrogen and oxygen atoms in total. The highest BCUT2D eigenvalue weighted by Gasteiger charge is 2.29. The van der Waals surface area contributed by atoms with E-state index in [1.165, 1.54) is 0 Å². The van der Waals surface area contributed by atoms with E-state index in [9.17, 15) is 0 Å². The van der Waals surface area contributed by atoms with Crippen LogP contribution in [0.5, 0.6) is 0 Å². The summed E-state index contributed by atoms with van der Waals surface area (Å²) in [4.78, 5) is 4.12. The van der Waals surface area contributed by atoms with Crippen molar-refractivity contribution < 1.29 is 9.26 Å². The van der Waals surface area contributed by atoms with Crippen molar-refractivity contribution in [3.63, 3.8) is 0 Å². The van der Waals surface area contributed by atoms with Crippen LogP contribution < -0.4 is 0 Å². The quantitative estimate of drug-likeness (QED) is 0.803. The van der Waals surface area contributed by atoms with Crippen molar-refractivity contribution in [2.24, 2.45) is 0 Å². The molecule has 0 atom stereocenters. The lowest BCUT2D eigenvalue weighted by molar-refractivity contribution is -0.0782. The predicted octanol–water partition coefficient (Wildman–Crippen LogP) is 2.33. The number of halogens is 1. The third-order valence-corrected chi connectivity index (χ3v) is 1.88. The van der Waals surface area contributed by atoms with Crippen LogP contribution in [0.3, 0.4) is 0 Å². The Hall–Kier alpha value is -0.170. The van der Waals surface area contributed by atoms with Crippen molar-refractivity contribution in [2.45, 2.75) is 39.4 Å². The van der Waals surface area contributed by atoms with Gasteiger partial charge in [0, 0.05) is 22.6 Å². The van der Waals surface area contributed by atoms with Crippen molar-refractivity contribution in [1.29, 1.82) is 0 Å². The highest BCUT2D eigenvalue weighted by atomic mass is 127. The van der Waals surface area contributed by atoms with Gasteiger partial charge < -0.3 is 9.26 Å². The zero-order valence-corrected chi connectivity index (χ0v) is 10.3. The second kappa shape index (κ2) is 3.91. The van der Waals surface area contributed by atoms with Crippen molar-refractivity contribution >= 4 is 22.6 Å². The first-order valence-corrected chi connectivity index (χ1v) is 5.17. The molecule has 0 unspecified atom stereocenters. The molecule has 0 aliphatic heterocycles. The molecule has 0 fully saturated rings. The molecule has 1 aromatic heterocycles. The lowest BCUT2D eigenvalue weighted by atomic mass is 10.1. The molecule has 0 aliphatic carbocycles. The predicted molar refractivity (Wildman–Crippen MR) is 56.3 cm³/mol. The normalized spacial score (nSPS) is 12.5. The molecule has 5 heteroatoms. The van der Waals surface area contributed by atoms with Gasteiger partial charge in [-0.25, -0.2) is 0 Å². The van der Waals surface area contributed by atoms with Gasteiger partial charge in [0.2, 0.25) is 3.83 Å². The molecule has 74 valence electrons. The number of aromatic nitrogens is 2. The van der Waals surface area contributed by atoms with Gasteiger partial charge in [0.25, 0.3) is 5.89 Å². The summed E-state index contributed by atoms with van der Waals surface area (Å²) in [6.07, 6.45) is 0.138. The summed E-state index contributed by atoms with van der Waals surface area (Å²) >= 11 is 2.00. The van der Waals surface area contributed by atoms with Gasteiger partial charge in [-0.2, -0.15) is 4.98 Å². The van der Waals surface area contributed by atoms with Crippen LogP contribution in [-0.4, -0.2) is 16.2 Å². The number of hydrogen-bond donors (Lipinski definition) is 0. The Morgan fingerprint density at radius 3 is 2.46 bits per heavy atom. The first-order chi connectivity index (χ1) is 5.92. The first-order valence-electron chi connectivity index (χ1n) is 4.09. The molecular formula is C8H13IN2O2. The fourth-order valence-corrected chi connectivity index (χ4v) is 1.41. The van der Waals surface area contributed by atoms with Gasteiger partial charge in [-0.05, 0) is 27.7 Å². The maximum atomic E-state index is 5.64. The number of rotatable bonds is 3. The van der Waals surface area contributed by atoms with E-state index in [1.54, 1.807) is 0 Å². The Kier molecular flexibility index (Phi) is 3.28. The van der Waals surface area contributed by atoms with Gasteiger partial charge in [0.1, 0.15) is 5.60 Å². The number of nitrogens with zero attached hydrogens (tertiary/aromatic N) is 2. The molecule has 1 aromatic rings. The summed E-state index contributed by atoms with van der Waals surface area (Å²) in [7, 11) is 0. The molecule has 0 N–H and O–H groups in total. The van der Waals surface area contributed by atoms with Gasteiger partial charge in [0.15, 0.2) is 0 Å². The molecule has 0 bridgehead atoms. The number of ether oxygens (including phenoxy) is 1. The molecule has 0 amide bonds. The van der Waals surface area contributed by atoms with Crippen LogP contribution in [0.15, 0.2) is 4.52 Å². The van der Waals surface area contributed by atoms with E-state index >= 15 is 0 Å². The van der Waals surface area contributed by atoms with E-state index in [4.69, 9.17) is 9.26 Å². The minimum Gasteiger partial charge on any atom is -0.363 e. The standard InChI is InChI=1S/C8H13IN2O2/c1-5(2)12-8(3,4)6-10-7(9)11-13-6/h5H,1-4H3. The van der Waals surface area contributed by atoms with E-state index in [2.05, 4.69) is 10.1 Å². The second-order valence-electron chi connectivity index (χ2n) is 3.55. The van der Waals surface area contributed by atoms with Gasteiger partial charge in [-0.1, -0.05) is 5.16 Å². The number of hydrogen-bond acceptors (Lipinski definition) is 4. The smallest absolute Gasteiger partial charge is 0.259 e. The summed E-state index contributed by atoms with van der Waals surface area (Å²) in [5.41, 5.74) is -0.509. The second-order valence-corrected chi connectivity index (χ2v) is 4.51. The van der Waals surface area contributed by atoms with Crippen LogP contribution in [0.2, 0.25) is 0 Å². The van der Waals surface area contributed by atoms with Crippen molar-refractivity contribution in [3.8, 4) is 0 Å². The molecule has 0 aliphatic rings. The molecular weight excluding hydrogens is 283 g/mol. The van der Waals surface area contributed by atoms with E-state index in [0.717, 1.165) is 0 Å². The SMILES string of the molecule is CC(C)OC(C)(C)c1nc(I)no1. The average molecular weight is 296 g/mol. The van der Waals surface area contributed by atoms with Crippen LogP contribution in [-0.2, 0) is 10.3 Å². The Morgan fingerprint density at radius 1 is 1.46 bits per heavy atom. The maximum absolute atomic E-state index is 5.64. The van der Waals surface area contributed by atoms with E-state index < -0.39 is 5.60 Å². The van der Waals surface area contributed by atoms with E-state index in [0.29, 0.717) is 9.72 Å². The van der Waals surface area contributed by atoms with Crippen LogP contribution in [0.25, 0.3) is 0 Å². The lowest BCUT2D eigenvalue weighted by Gasteiger charge is -2.23. The van der Waals surface area contributed by atoms with Crippen LogP contribution in [0.4, 0.5) is 0 Å². The van der Waals surface area contributed by atoms with Crippen molar-refractivity contribution in [2.75, 3.05) is 0 Å². The Morgan fingerprint density at radius 2 is 2.08 bits per heavy atom. The highest BCUT2D eigenvalue weighted by Crippen LogP contribution is 2.24. The van der Waals surface area contributed by atoms with Crippen LogP contribution >= 0.6 is 22.6 Å². The van der Waals surface area contributed by atoms with Gasteiger partial charge in [-0.3, -0.25) is 0 Å². The first kappa shape index (κ1) is 10.9. The molecule has 13 heavy (non-hydrogen) atoms. The Labute approximate surface area is 91.2 Å². The largest absolute Gasteiger partial charge is 0.363 e. The maximum Gasteiger partial charge on any atom is 0.259 e. The summed E-state index contributed by atoms with van der Waals surface area (Å²) in [5, 5.41) is 3.71. The zero-order chi connectivity index (χ0) is 10.1. The monoisotopic (exact) mass is 296 g/mol. The minimum atomic E-state index is -0.509. The zero-order valence-electron chi connectivity index (χ0n) is 8.17. The van der Waals surface area contributed by atoms with E-state index in [1.807, 2.05) is 50.3 Å². The third-order valence-electron chi connectivity index (χ3n) is 1.45. The van der Waals surface area contributed by atoms with Crippen LogP contribution in [0.1, 0.15) is 33.6 Å². The Bertz CT molecular complexity index is 283. The molecule has 0 saturated heterocycles. The summed E-state index contributed by atoms with van der Waals surface area (Å²) in [6, 6.07) is 0. The molecule has 0 spiro atoms. The highest BCUT2D eigenvalue weighted by molar-refractivity contribution is 14.1. The van der Waals surface area contributed by atoms with Crippen LogP contribution in [0, 0.1) is 3.83 Å². The minimum absolute atomic E-state index is 0.138. The summed E-state index contributed by atoms with van der Waals surface area (Å²) in [5.74, 6) is 0.519. The Balaban J connectivity index is 2.80. The molecule has 1 heterocycles. The topological polar surface area (TPSA) is 48.2 Å². The molecule has 0 radical (unpaired) electrons. The summed E-state index contributed by atoms with van der Waals surface area (Å²) in [6.45, 7) is 7.78.